The number of H-pyrrole nitrogens is 1. The maximum atomic E-state index is 11.7. The van der Waals surface area contributed by atoms with Crippen molar-refractivity contribution in [1.29, 1.82) is 0 Å². The van der Waals surface area contributed by atoms with Crippen LogP contribution < -0.4 is 15.8 Å². The van der Waals surface area contributed by atoms with Crippen molar-refractivity contribution in [1.82, 2.24) is 15.5 Å². The van der Waals surface area contributed by atoms with Crippen LogP contribution in [0.2, 0.25) is 0 Å². The predicted octanol–water partition coefficient (Wildman–Crippen LogP) is 1.69. The first-order valence-corrected chi connectivity index (χ1v) is 6.93. The molecule has 1 aromatic carbocycles. The van der Waals surface area contributed by atoms with E-state index < -0.39 is 0 Å². The number of anilines is 1. The van der Waals surface area contributed by atoms with Crippen LogP contribution in [0.5, 0.6) is 5.75 Å². The standard InChI is InChI=1S/C15H18N4O2/c1-21-13-6-9(8-17-15(20)10-3-4-10)2-5-11(13)12-7-14(16)19-18-12/h2,5-7,10H,3-4,8H2,1H3,(H,17,20)(H3,16,18,19). The van der Waals surface area contributed by atoms with Crippen molar-refractivity contribution in [3.63, 3.8) is 0 Å². The van der Waals surface area contributed by atoms with Gasteiger partial charge in [-0.15, -0.1) is 0 Å². The van der Waals surface area contributed by atoms with Crippen molar-refractivity contribution >= 4 is 11.7 Å². The van der Waals surface area contributed by atoms with Crippen molar-refractivity contribution < 1.29 is 9.53 Å². The van der Waals surface area contributed by atoms with E-state index in [4.69, 9.17) is 10.5 Å². The van der Waals surface area contributed by atoms with Crippen molar-refractivity contribution in [2.75, 3.05) is 12.8 Å². The molecule has 0 saturated heterocycles. The Hall–Kier alpha value is -2.50. The summed E-state index contributed by atoms with van der Waals surface area (Å²) in [5.41, 5.74) is 8.31. The van der Waals surface area contributed by atoms with Gasteiger partial charge < -0.3 is 15.8 Å². The first kappa shape index (κ1) is 13.5. The molecule has 1 fully saturated rings. The van der Waals surface area contributed by atoms with Crippen LogP contribution in [0, 0.1) is 5.92 Å². The number of nitrogens with zero attached hydrogens (tertiary/aromatic N) is 1. The Kier molecular flexibility index (Phi) is 3.51. The fourth-order valence-corrected chi connectivity index (χ4v) is 2.22. The zero-order chi connectivity index (χ0) is 14.8. The number of amides is 1. The summed E-state index contributed by atoms with van der Waals surface area (Å²) in [5.74, 6) is 1.52. The smallest absolute Gasteiger partial charge is 0.223 e. The number of nitrogens with one attached hydrogen (secondary N) is 2. The molecule has 1 aliphatic carbocycles. The van der Waals surface area contributed by atoms with Crippen LogP contribution in [-0.2, 0) is 11.3 Å². The lowest BCUT2D eigenvalue weighted by Crippen LogP contribution is -2.24. The highest BCUT2D eigenvalue weighted by Crippen LogP contribution is 2.31. The number of methoxy groups -OCH3 is 1. The van der Waals surface area contributed by atoms with E-state index in [1.807, 2.05) is 18.2 Å². The number of nitrogen functional groups attached to an aromatic ring is 1. The maximum Gasteiger partial charge on any atom is 0.223 e. The molecular weight excluding hydrogens is 268 g/mol. The number of rotatable bonds is 5. The average Bonchev–Trinajstić information content (AvgIpc) is 3.26. The minimum Gasteiger partial charge on any atom is -0.496 e. The van der Waals surface area contributed by atoms with Crippen LogP contribution in [0.15, 0.2) is 24.3 Å². The maximum absolute atomic E-state index is 11.7. The molecule has 0 spiro atoms. The quantitative estimate of drug-likeness (QED) is 0.779. The number of ether oxygens (including phenoxy) is 1. The normalized spacial score (nSPS) is 14.0. The minimum atomic E-state index is 0.138. The SMILES string of the molecule is COc1cc(CNC(=O)C2CC2)ccc1-c1cc(N)n[nH]1. The van der Waals surface area contributed by atoms with Crippen LogP contribution in [0.25, 0.3) is 11.3 Å². The Labute approximate surface area is 122 Å². The van der Waals surface area contributed by atoms with Gasteiger partial charge in [-0.2, -0.15) is 5.10 Å². The van der Waals surface area contributed by atoms with Gasteiger partial charge in [-0.3, -0.25) is 9.89 Å². The van der Waals surface area contributed by atoms with E-state index in [2.05, 4.69) is 15.5 Å². The van der Waals surface area contributed by atoms with Gasteiger partial charge in [-0.1, -0.05) is 6.07 Å². The highest BCUT2D eigenvalue weighted by atomic mass is 16.5. The summed E-state index contributed by atoms with van der Waals surface area (Å²) < 4.78 is 5.41. The molecule has 0 atom stereocenters. The topological polar surface area (TPSA) is 93.0 Å². The van der Waals surface area contributed by atoms with Gasteiger partial charge in [0, 0.05) is 24.1 Å². The van der Waals surface area contributed by atoms with Crippen LogP contribution in [0.4, 0.5) is 5.82 Å². The molecule has 3 rings (SSSR count). The zero-order valence-corrected chi connectivity index (χ0v) is 11.8. The Balaban J connectivity index is 1.76. The van der Waals surface area contributed by atoms with E-state index in [0.717, 1.165) is 35.4 Å². The highest BCUT2D eigenvalue weighted by Gasteiger charge is 2.29. The van der Waals surface area contributed by atoms with Gasteiger partial charge in [-0.05, 0) is 30.5 Å². The molecule has 0 unspecified atom stereocenters. The molecule has 6 heteroatoms. The van der Waals surface area contributed by atoms with Gasteiger partial charge in [0.2, 0.25) is 5.91 Å². The summed E-state index contributed by atoms with van der Waals surface area (Å²) in [5, 5.41) is 9.72. The summed E-state index contributed by atoms with van der Waals surface area (Å²) >= 11 is 0. The fraction of sp³-hybridized carbons (Fsp3) is 0.333. The predicted molar refractivity (Wildman–Crippen MR) is 79.6 cm³/mol. The third-order valence-electron chi connectivity index (χ3n) is 3.57. The van der Waals surface area contributed by atoms with Gasteiger partial charge in [0.25, 0.3) is 0 Å². The number of aromatic amines is 1. The van der Waals surface area contributed by atoms with Crippen molar-refractivity contribution in [2.24, 2.45) is 5.92 Å². The molecular formula is C15H18N4O2. The monoisotopic (exact) mass is 286 g/mol. The lowest BCUT2D eigenvalue weighted by Gasteiger charge is -2.10. The summed E-state index contributed by atoms with van der Waals surface area (Å²) in [7, 11) is 1.62. The molecule has 4 N–H and O–H groups in total. The lowest BCUT2D eigenvalue weighted by molar-refractivity contribution is -0.122. The van der Waals surface area contributed by atoms with E-state index in [1.54, 1.807) is 13.2 Å². The van der Waals surface area contributed by atoms with E-state index in [1.165, 1.54) is 0 Å². The first-order valence-electron chi connectivity index (χ1n) is 6.93. The number of carbonyl (C=O) groups is 1. The van der Waals surface area contributed by atoms with Gasteiger partial charge >= 0.3 is 0 Å². The molecule has 1 aromatic heterocycles. The summed E-state index contributed by atoms with van der Waals surface area (Å²) in [6, 6.07) is 7.57. The largest absolute Gasteiger partial charge is 0.496 e. The second-order valence-electron chi connectivity index (χ2n) is 5.23. The lowest BCUT2D eigenvalue weighted by atomic mass is 10.1. The molecule has 1 amide bonds. The fourth-order valence-electron chi connectivity index (χ4n) is 2.22. The molecule has 1 saturated carbocycles. The van der Waals surface area contributed by atoms with E-state index in [0.29, 0.717) is 12.4 Å². The Morgan fingerprint density at radius 2 is 2.29 bits per heavy atom. The first-order chi connectivity index (χ1) is 10.2. The molecule has 1 aliphatic rings. The van der Waals surface area contributed by atoms with E-state index >= 15 is 0 Å². The number of benzene rings is 1. The van der Waals surface area contributed by atoms with Crippen molar-refractivity contribution in [3.8, 4) is 17.0 Å². The average molecular weight is 286 g/mol. The number of aromatic nitrogens is 2. The number of hydrogen-bond donors (Lipinski definition) is 3. The molecule has 0 aliphatic heterocycles. The van der Waals surface area contributed by atoms with Gasteiger partial charge in [-0.25, -0.2) is 0 Å². The number of nitrogens with two attached hydrogens (primary N) is 1. The molecule has 1 heterocycles. The highest BCUT2D eigenvalue weighted by molar-refractivity contribution is 5.80. The van der Waals surface area contributed by atoms with Crippen molar-refractivity contribution in [3.05, 3.63) is 29.8 Å². The number of hydrogen-bond acceptors (Lipinski definition) is 4. The Bertz CT molecular complexity index is 661. The van der Waals surface area contributed by atoms with Gasteiger partial charge in [0.1, 0.15) is 11.6 Å². The van der Waals surface area contributed by atoms with Crippen LogP contribution in [-0.4, -0.2) is 23.2 Å². The molecule has 110 valence electrons. The van der Waals surface area contributed by atoms with Crippen LogP contribution >= 0.6 is 0 Å². The molecule has 0 bridgehead atoms. The van der Waals surface area contributed by atoms with Crippen molar-refractivity contribution in [2.45, 2.75) is 19.4 Å². The summed E-state index contributed by atoms with van der Waals surface area (Å²) in [6.07, 6.45) is 2.02. The second kappa shape index (κ2) is 5.47. The van der Waals surface area contributed by atoms with Crippen LogP contribution in [0.1, 0.15) is 18.4 Å². The summed E-state index contributed by atoms with van der Waals surface area (Å²) in [4.78, 5) is 11.7. The van der Waals surface area contributed by atoms with E-state index in [-0.39, 0.29) is 11.8 Å². The zero-order valence-electron chi connectivity index (χ0n) is 11.8. The molecule has 6 nitrogen and oxygen atoms in total. The van der Waals surface area contributed by atoms with Gasteiger partial charge in [0.15, 0.2) is 0 Å². The molecule has 0 radical (unpaired) electrons. The van der Waals surface area contributed by atoms with Gasteiger partial charge in [0.05, 0.1) is 12.8 Å². The van der Waals surface area contributed by atoms with Crippen LogP contribution in [0.3, 0.4) is 0 Å². The minimum absolute atomic E-state index is 0.138. The Morgan fingerprint density at radius 3 is 2.90 bits per heavy atom. The molecule has 21 heavy (non-hydrogen) atoms. The molecule has 2 aromatic rings. The third-order valence-corrected chi connectivity index (χ3v) is 3.57. The third kappa shape index (κ3) is 2.99. The number of carbonyl (C=O) groups excluding carboxylic acids is 1. The van der Waals surface area contributed by atoms with E-state index in [9.17, 15) is 4.79 Å². The summed E-state index contributed by atoms with van der Waals surface area (Å²) in [6.45, 7) is 0.511. The Morgan fingerprint density at radius 1 is 1.48 bits per heavy atom. The second-order valence-corrected chi connectivity index (χ2v) is 5.23.